The van der Waals surface area contributed by atoms with E-state index in [-0.39, 0.29) is 6.03 Å². The highest BCUT2D eigenvalue weighted by Crippen LogP contribution is 1.98. The minimum absolute atomic E-state index is 0.217. The number of carbonyl (C=O) groups is 1. The van der Waals surface area contributed by atoms with Crippen LogP contribution in [0.1, 0.15) is 17.0 Å². The first-order chi connectivity index (χ1) is 8.74. The number of carbonyl (C=O) groups excluding carboxylic acids is 1. The molecule has 18 heavy (non-hydrogen) atoms. The van der Waals surface area contributed by atoms with Gasteiger partial charge in [0.25, 0.3) is 0 Å². The molecule has 3 N–H and O–H groups in total. The summed E-state index contributed by atoms with van der Waals surface area (Å²) in [5.41, 5.74) is 2.79. The van der Waals surface area contributed by atoms with E-state index in [0.29, 0.717) is 13.1 Å². The van der Waals surface area contributed by atoms with Crippen LogP contribution in [0.3, 0.4) is 0 Å². The van der Waals surface area contributed by atoms with Gasteiger partial charge in [-0.2, -0.15) is 5.10 Å². The van der Waals surface area contributed by atoms with Crippen molar-refractivity contribution in [3.8, 4) is 0 Å². The number of amides is 2. The summed E-state index contributed by atoms with van der Waals surface area (Å²) in [6, 6.07) is 5.45. The van der Waals surface area contributed by atoms with Crippen molar-refractivity contribution < 1.29 is 4.79 Å². The van der Waals surface area contributed by atoms with E-state index in [0.717, 1.165) is 17.0 Å². The van der Waals surface area contributed by atoms with Crippen molar-refractivity contribution in [1.82, 2.24) is 25.8 Å². The van der Waals surface area contributed by atoms with E-state index < -0.39 is 0 Å². The van der Waals surface area contributed by atoms with Crippen molar-refractivity contribution in [1.29, 1.82) is 0 Å². The Labute approximate surface area is 105 Å². The smallest absolute Gasteiger partial charge is 0.315 e. The number of aryl methyl sites for hydroxylation is 1. The van der Waals surface area contributed by atoms with Gasteiger partial charge in [-0.3, -0.25) is 10.1 Å². The summed E-state index contributed by atoms with van der Waals surface area (Å²) in [4.78, 5) is 15.7. The second-order valence-electron chi connectivity index (χ2n) is 3.93. The molecule has 0 fully saturated rings. The minimum atomic E-state index is -0.217. The Hall–Kier alpha value is -2.37. The molecule has 2 rings (SSSR count). The molecule has 2 heterocycles. The molecule has 0 unspecified atom stereocenters. The van der Waals surface area contributed by atoms with Gasteiger partial charge < -0.3 is 10.6 Å². The first-order valence-electron chi connectivity index (χ1n) is 5.65. The number of pyridine rings is 1. The molecule has 0 aliphatic heterocycles. The van der Waals surface area contributed by atoms with Gasteiger partial charge in [-0.1, -0.05) is 6.07 Å². The third kappa shape index (κ3) is 3.58. The van der Waals surface area contributed by atoms with Crippen molar-refractivity contribution in [2.45, 2.75) is 20.0 Å². The maximum absolute atomic E-state index is 11.5. The summed E-state index contributed by atoms with van der Waals surface area (Å²) in [6.07, 6.45) is 3.40. The van der Waals surface area contributed by atoms with Crippen LogP contribution in [0.2, 0.25) is 0 Å². The number of rotatable bonds is 4. The molecule has 6 nitrogen and oxygen atoms in total. The Kier molecular flexibility index (Phi) is 3.90. The number of nitrogens with one attached hydrogen (secondary N) is 3. The van der Waals surface area contributed by atoms with Crippen LogP contribution in [0.15, 0.2) is 30.6 Å². The summed E-state index contributed by atoms with van der Waals surface area (Å²) in [6.45, 7) is 2.81. The van der Waals surface area contributed by atoms with Gasteiger partial charge >= 0.3 is 6.03 Å². The average molecular weight is 245 g/mol. The molecule has 94 valence electrons. The number of hydrogen-bond donors (Lipinski definition) is 3. The molecule has 2 amide bonds. The molecule has 2 aromatic heterocycles. The predicted molar refractivity (Wildman–Crippen MR) is 66.6 cm³/mol. The molecule has 0 radical (unpaired) electrons. The van der Waals surface area contributed by atoms with Gasteiger partial charge in [0.1, 0.15) is 0 Å². The highest BCUT2D eigenvalue weighted by molar-refractivity contribution is 5.73. The molecule has 2 aromatic rings. The summed E-state index contributed by atoms with van der Waals surface area (Å²) in [5.74, 6) is 0. The number of aromatic nitrogens is 3. The quantitative estimate of drug-likeness (QED) is 0.754. The third-order valence-electron chi connectivity index (χ3n) is 2.42. The van der Waals surface area contributed by atoms with Crippen LogP contribution in [-0.2, 0) is 13.1 Å². The van der Waals surface area contributed by atoms with E-state index >= 15 is 0 Å². The van der Waals surface area contributed by atoms with Crippen molar-refractivity contribution in [3.05, 3.63) is 47.5 Å². The molecular formula is C12H15N5O. The maximum atomic E-state index is 11.5. The molecule has 0 bridgehead atoms. The Balaban J connectivity index is 1.73. The first kappa shape index (κ1) is 12.1. The van der Waals surface area contributed by atoms with E-state index in [1.807, 2.05) is 25.1 Å². The van der Waals surface area contributed by atoms with E-state index in [4.69, 9.17) is 0 Å². The van der Waals surface area contributed by atoms with Gasteiger partial charge in [-0.25, -0.2) is 4.79 Å². The highest BCUT2D eigenvalue weighted by Gasteiger charge is 2.01. The lowest BCUT2D eigenvalue weighted by molar-refractivity contribution is 0.240. The van der Waals surface area contributed by atoms with Crippen LogP contribution >= 0.6 is 0 Å². The number of nitrogens with zero attached hydrogens (tertiary/aromatic N) is 2. The Morgan fingerprint density at radius 2 is 2.11 bits per heavy atom. The topological polar surface area (TPSA) is 82.7 Å². The molecule has 0 saturated carbocycles. The zero-order valence-corrected chi connectivity index (χ0v) is 10.1. The van der Waals surface area contributed by atoms with Crippen molar-refractivity contribution in [3.63, 3.8) is 0 Å². The summed E-state index contributed by atoms with van der Waals surface area (Å²) >= 11 is 0. The van der Waals surface area contributed by atoms with E-state index in [1.54, 1.807) is 12.4 Å². The molecule has 0 spiro atoms. The number of hydrogen-bond acceptors (Lipinski definition) is 3. The van der Waals surface area contributed by atoms with Crippen molar-refractivity contribution >= 4 is 6.03 Å². The fourth-order valence-corrected chi connectivity index (χ4v) is 1.41. The van der Waals surface area contributed by atoms with Gasteiger partial charge in [0.05, 0.1) is 12.2 Å². The highest BCUT2D eigenvalue weighted by atomic mass is 16.2. The SMILES string of the molecule is Cc1ccc(CNC(=O)NCc2ccn[nH]2)cn1. The molecular weight excluding hydrogens is 230 g/mol. The summed E-state index contributed by atoms with van der Waals surface area (Å²) in [7, 11) is 0. The van der Waals surface area contributed by atoms with Crippen molar-refractivity contribution in [2.24, 2.45) is 0 Å². The molecule has 0 aliphatic rings. The maximum Gasteiger partial charge on any atom is 0.315 e. The van der Waals surface area contributed by atoms with E-state index in [2.05, 4.69) is 25.8 Å². The second-order valence-corrected chi connectivity index (χ2v) is 3.93. The molecule has 0 aliphatic carbocycles. The van der Waals surface area contributed by atoms with Gasteiger partial charge in [-0.15, -0.1) is 0 Å². The second kappa shape index (κ2) is 5.81. The average Bonchev–Trinajstić information content (AvgIpc) is 2.89. The molecule has 0 atom stereocenters. The lowest BCUT2D eigenvalue weighted by Crippen LogP contribution is -2.34. The lowest BCUT2D eigenvalue weighted by atomic mass is 10.2. The van der Waals surface area contributed by atoms with E-state index in [9.17, 15) is 4.79 Å². The number of H-pyrrole nitrogens is 1. The molecule has 0 saturated heterocycles. The Morgan fingerprint density at radius 3 is 2.78 bits per heavy atom. The van der Waals surface area contributed by atoms with Crippen LogP contribution in [0.25, 0.3) is 0 Å². The number of urea groups is 1. The summed E-state index contributed by atoms with van der Waals surface area (Å²) < 4.78 is 0. The number of aromatic amines is 1. The normalized spacial score (nSPS) is 10.1. The fourth-order valence-electron chi connectivity index (χ4n) is 1.41. The van der Waals surface area contributed by atoms with E-state index in [1.165, 1.54) is 0 Å². The minimum Gasteiger partial charge on any atom is -0.334 e. The van der Waals surface area contributed by atoms with Gasteiger partial charge in [0.2, 0.25) is 0 Å². The Morgan fingerprint density at radius 1 is 1.28 bits per heavy atom. The largest absolute Gasteiger partial charge is 0.334 e. The van der Waals surface area contributed by atoms with Crippen LogP contribution in [0.5, 0.6) is 0 Å². The van der Waals surface area contributed by atoms with Gasteiger partial charge in [-0.05, 0) is 24.6 Å². The monoisotopic (exact) mass is 245 g/mol. The zero-order valence-electron chi connectivity index (χ0n) is 10.1. The fraction of sp³-hybridized carbons (Fsp3) is 0.250. The molecule has 0 aromatic carbocycles. The third-order valence-corrected chi connectivity index (χ3v) is 2.42. The van der Waals surface area contributed by atoms with Crippen LogP contribution in [0.4, 0.5) is 4.79 Å². The van der Waals surface area contributed by atoms with Crippen LogP contribution in [-0.4, -0.2) is 21.2 Å². The predicted octanol–water partition coefficient (Wildman–Crippen LogP) is 1.11. The standard InChI is InChI=1S/C12H15N5O/c1-9-2-3-10(6-13-9)7-14-12(18)15-8-11-4-5-16-17-11/h2-6H,7-8H2,1H3,(H,16,17)(H2,14,15,18). The van der Waals surface area contributed by atoms with Gasteiger partial charge in [0.15, 0.2) is 0 Å². The summed E-state index contributed by atoms with van der Waals surface area (Å²) in [5, 5.41) is 12.0. The Bertz CT molecular complexity index is 492. The van der Waals surface area contributed by atoms with Crippen molar-refractivity contribution in [2.75, 3.05) is 0 Å². The van der Waals surface area contributed by atoms with Gasteiger partial charge in [0, 0.05) is 24.6 Å². The van der Waals surface area contributed by atoms with Crippen LogP contribution < -0.4 is 10.6 Å². The molecule has 6 heteroatoms. The lowest BCUT2D eigenvalue weighted by Gasteiger charge is -2.06. The zero-order chi connectivity index (χ0) is 12.8. The van der Waals surface area contributed by atoms with Crippen LogP contribution in [0, 0.1) is 6.92 Å². The first-order valence-corrected chi connectivity index (χ1v) is 5.65.